The summed E-state index contributed by atoms with van der Waals surface area (Å²) in [7, 11) is 0. The SMILES string of the molecule is CC(CNC(=O)OC(C)(C)C)NNC(=O)Cc1ccc(O)cc1. The molecule has 0 fully saturated rings. The number of carbonyl (C=O) groups excluding carboxylic acids is 2. The molecule has 23 heavy (non-hydrogen) atoms. The Bertz CT molecular complexity index is 523. The molecule has 1 aromatic rings. The van der Waals surface area contributed by atoms with E-state index in [4.69, 9.17) is 4.74 Å². The van der Waals surface area contributed by atoms with Crippen LogP contribution in [-0.4, -0.2) is 35.3 Å². The molecule has 7 heteroatoms. The number of nitrogens with one attached hydrogen (secondary N) is 3. The van der Waals surface area contributed by atoms with Crippen LogP contribution in [0.5, 0.6) is 5.75 Å². The van der Waals surface area contributed by atoms with Gasteiger partial charge in [0.05, 0.1) is 6.42 Å². The number of benzene rings is 1. The van der Waals surface area contributed by atoms with Crippen LogP contribution < -0.4 is 16.2 Å². The van der Waals surface area contributed by atoms with E-state index in [0.29, 0.717) is 6.54 Å². The van der Waals surface area contributed by atoms with E-state index in [1.165, 1.54) is 12.1 Å². The Morgan fingerprint density at radius 2 is 1.83 bits per heavy atom. The molecule has 7 nitrogen and oxygen atoms in total. The van der Waals surface area contributed by atoms with Crippen LogP contribution in [0.1, 0.15) is 33.3 Å². The summed E-state index contributed by atoms with van der Waals surface area (Å²) in [5.41, 5.74) is 5.64. The first kappa shape index (κ1) is 18.8. The Morgan fingerprint density at radius 3 is 2.39 bits per heavy atom. The standard InChI is InChI=1S/C16H25N3O4/c1-11(10-17-15(22)23-16(2,3)4)18-19-14(21)9-12-5-7-13(20)8-6-12/h5-8,11,18,20H,9-10H2,1-4H3,(H,17,22)(H,19,21). The minimum atomic E-state index is -0.543. The topological polar surface area (TPSA) is 99.7 Å². The summed E-state index contributed by atoms with van der Waals surface area (Å²) in [6.07, 6.45) is -0.305. The number of hydrogen-bond donors (Lipinski definition) is 4. The van der Waals surface area contributed by atoms with Gasteiger partial charge < -0.3 is 15.2 Å². The zero-order chi connectivity index (χ0) is 17.5. The van der Waals surface area contributed by atoms with Gasteiger partial charge in [-0.25, -0.2) is 10.2 Å². The van der Waals surface area contributed by atoms with Crippen molar-refractivity contribution in [1.29, 1.82) is 0 Å². The van der Waals surface area contributed by atoms with Gasteiger partial charge in [-0.2, -0.15) is 0 Å². The fraction of sp³-hybridized carbons (Fsp3) is 0.500. The normalized spacial score (nSPS) is 12.3. The number of rotatable bonds is 6. The van der Waals surface area contributed by atoms with E-state index in [1.54, 1.807) is 32.9 Å². The van der Waals surface area contributed by atoms with Crippen molar-refractivity contribution in [2.45, 2.75) is 45.8 Å². The van der Waals surface area contributed by atoms with Gasteiger partial charge >= 0.3 is 6.09 Å². The fourth-order valence-corrected chi connectivity index (χ4v) is 1.65. The first-order valence-corrected chi connectivity index (χ1v) is 7.45. The first-order chi connectivity index (χ1) is 10.7. The molecule has 0 heterocycles. The van der Waals surface area contributed by atoms with Gasteiger partial charge in [0.25, 0.3) is 0 Å². The molecule has 1 unspecified atom stereocenters. The van der Waals surface area contributed by atoms with E-state index in [9.17, 15) is 14.7 Å². The first-order valence-electron chi connectivity index (χ1n) is 7.45. The van der Waals surface area contributed by atoms with E-state index in [1.807, 2.05) is 6.92 Å². The van der Waals surface area contributed by atoms with Crippen LogP contribution in [0.15, 0.2) is 24.3 Å². The minimum absolute atomic E-state index is 0.161. The van der Waals surface area contributed by atoms with Gasteiger partial charge in [-0.05, 0) is 45.4 Å². The van der Waals surface area contributed by atoms with E-state index < -0.39 is 11.7 Å². The zero-order valence-electron chi connectivity index (χ0n) is 14.0. The molecule has 0 bridgehead atoms. The summed E-state index contributed by atoms with van der Waals surface area (Å²) in [5.74, 6) is -0.0473. The number of phenolic OH excluding ortho intramolecular Hbond substituents is 1. The number of aromatic hydroxyl groups is 1. The van der Waals surface area contributed by atoms with Crippen molar-refractivity contribution in [1.82, 2.24) is 16.2 Å². The predicted molar refractivity (Wildman–Crippen MR) is 86.8 cm³/mol. The fourth-order valence-electron chi connectivity index (χ4n) is 1.65. The molecule has 0 radical (unpaired) electrons. The van der Waals surface area contributed by atoms with Crippen molar-refractivity contribution >= 4 is 12.0 Å². The predicted octanol–water partition coefficient (Wildman–Crippen LogP) is 1.47. The highest BCUT2D eigenvalue weighted by Gasteiger charge is 2.16. The summed E-state index contributed by atoms with van der Waals surface area (Å²) < 4.78 is 5.12. The van der Waals surface area contributed by atoms with Gasteiger partial charge in [0.2, 0.25) is 5.91 Å². The van der Waals surface area contributed by atoms with E-state index >= 15 is 0 Å². The number of hydrogen-bond acceptors (Lipinski definition) is 5. The summed E-state index contributed by atoms with van der Waals surface area (Å²) >= 11 is 0. The summed E-state index contributed by atoms with van der Waals surface area (Å²) in [4.78, 5) is 23.3. The molecule has 4 N–H and O–H groups in total. The van der Waals surface area contributed by atoms with Crippen molar-refractivity contribution in [2.75, 3.05) is 6.54 Å². The van der Waals surface area contributed by atoms with E-state index in [-0.39, 0.29) is 24.1 Å². The zero-order valence-corrected chi connectivity index (χ0v) is 14.0. The molecule has 1 rings (SSSR count). The lowest BCUT2D eigenvalue weighted by Gasteiger charge is -2.21. The lowest BCUT2D eigenvalue weighted by atomic mass is 10.1. The maximum atomic E-state index is 11.8. The van der Waals surface area contributed by atoms with E-state index in [0.717, 1.165) is 5.56 Å². The highest BCUT2D eigenvalue weighted by Crippen LogP contribution is 2.09. The number of alkyl carbamates (subject to hydrolysis) is 1. The van der Waals surface area contributed by atoms with E-state index in [2.05, 4.69) is 16.2 Å². The third-order valence-corrected chi connectivity index (χ3v) is 2.71. The molecular weight excluding hydrogens is 298 g/mol. The van der Waals surface area contributed by atoms with Gasteiger partial charge in [0.1, 0.15) is 11.4 Å². The number of ether oxygens (including phenoxy) is 1. The molecule has 0 spiro atoms. The molecule has 0 aliphatic rings. The second-order valence-electron chi connectivity index (χ2n) is 6.32. The van der Waals surface area contributed by atoms with Crippen molar-refractivity contribution < 1.29 is 19.4 Å². The maximum absolute atomic E-state index is 11.8. The molecule has 0 aliphatic carbocycles. The lowest BCUT2D eigenvalue weighted by molar-refractivity contribution is -0.121. The quantitative estimate of drug-likeness (QED) is 0.594. The second kappa shape index (κ2) is 8.38. The molecule has 2 amide bonds. The molecule has 0 aliphatic heterocycles. The number of hydrazine groups is 1. The molecule has 1 atom stereocenters. The molecule has 128 valence electrons. The minimum Gasteiger partial charge on any atom is -0.508 e. The van der Waals surface area contributed by atoms with Crippen LogP contribution in [0.25, 0.3) is 0 Å². The third-order valence-electron chi connectivity index (χ3n) is 2.71. The van der Waals surface area contributed by atoms with Gasteiger partial charge in [0.15, 0.2) is 0 Å². The van der Waals surface area contributed by atoms with Crippen LogP contribution in [0.2, 0.25) is 0 Å². The van der Waals surface area contributed by atoms with Crippen LogP contribution in [0, 0.1) is 0 Å². The highest BCUT2D eigenvalue weighted by molar-refractivity contribution is 5.78. The van der Waals surface area contributed by atoms with Gasteiger partial charge in [-0.15, -0.1) is 0 Å². The number of phenols is 1. The van der Waals surface area contributed by atoms with Crippen LogP contribution >= 0.6 is 0 Å². The van der Waals surface area contributed by atoms with Crippen LogP contribution in [-0.2, 0) is 16.0 Å². The Hall–Kier alpha value is -2.28. The second-order valence-corrected chi connectivity index (χ2v) is 6.32. The van der Waals surface area contributed by atoms with Gasteiger partial charge in [-0.3, -0.25) is 10.2 Å². The van der Waals surface area contributed by atoms with Crippen molar-refractivity contribution in [3.63, 3.8) is 0 Å². The number of amides is 2. The maximum Gasteiger partial charge on any atom is 0.407 e. The largest absolute Gasteiger partial charge is 0.508 e. The van der Waals surface area contributed by atoms with Gasteiger partial charge in [-0.1, -0.05) is 12.1 Å². The Morgan fingerprint density at radius 1 is 1.22 bits per heavy atom. The molecule has 0 saturated heterocycles. The Balaban J connectivity index is 2.24. The summed E-state index contributed by atoms with van der Waals surface area (Å²) in [6.45, 7) is 7.50. The van der Waals surface area contributed by atoms with Crippen molar-refractivity contribution in [2.24, 2.45) is 0 Å². The van der Waals surface area contributed by atoms with Crippen LogP contribution in [0.4, 0.5) is 4.79 Å². The molecule has 0 aromatic heterocycles. The Kier molecular flexibility index (Phi) is 6.84. The highest BCUT2D eigenvalue weighted by atomic mass is 16.6. The van der Waals surface area contributed by atoms with Gasteiger partial charge in [0, 0.05) is 12.6 Å². The number of carbonyl (C=O) groups is 2. The Labute approximate surface area is 136 Å². The molecular formula is C16H25N3O4. The third kappa shape index (κ3) is 8.67. The van der Waals surface area contributed by atoms with Crippen molar-refractivity contribution in [3.05, 3.63) is 29.8 Å². The average molecular weight is 323 g/mol. The van der Waals surface area contributed by atoms with Crippen LogP contribution in [0.3, 0.4) is 0 Å². The molecule has 1 aromatic carbocycles. The monoisotopic (exact) mass is 323 g/mol. The average Bonchev–Trinajstić information content (AvgIpc) is 2.43. The lowest BCUT2D eigenvalue weighted by Crippen LogP contribution is -2.48. The molecule has 0 saturated carbocycles. The summed E-state index contributed by atoms with van der Waals surface area (Å²) in [6, 6.07) is 6.27. The summed E-state index contributed by atoms with van der Waals surface area (Å²) in [5, 5.41) is 11.8. The van der Waals surface area contributed by atoms with Crippen molar-refractivity contribution in [3.8, 4) is 5.75 Å². The smallest absolute Gasteiger partial charge is 0.407 e.